The van der Waals surface area contributed by atoms with Crippen molar-refractivity contribution in [2.24, 2.45) is 5.92 Å². The minimum absolute atomic E-state index is 0.452. The summed E-state index contributed by atoms with van der Waals surface area (Å²) in [6.45, 7) is 1.03. The maximum atomic E-state index is 12.4. The number of alkyl halides is 3. The van der Waals surface area contributed by atoms with Crippen LogP contribution in [-0.4, -0.2) is 29.8 Å². The molecule has 0 heterocycles. The summed E-state index contributed by atoms with van der Waals surface area (Å²) in [5.41, 5.74) is 0. The molecule has 0 spiro atoms. The summed E-state index contributed by atoms with van der Waals surface area (Å²) in [6, 6.07) is 0. The number of hydrogen-bond acceptors (Lipinski definition) is 4. The fraction of sp³-hybridized carbons (Fsp3) is 0.769. The Balaban J connectivity index is 2.73. The van der Waals surface area contributed by atoms with E-state index in [9.17, 15) is 27.6 Å². The van der Waals surface area contributed by atoms with E-state index in [1.807, 2.05) is 0 Å². The molecule has 1 saturated carbocycles. The van der Waals surface area contributed by atoms with Crippen molar-refractivity contribution in [1.82, 2.24) is 0 Å². The molecule has 1 rings (SSSR count). The Morgan fingerprint density at radius 2 is 1.70 bits per heavy atom. The highest BCUT2D eigenvalue weighted by atomic mass is 19.4. The van der Waals surface area contributed by atoms with Gasteiger partial charge in [-0.15, -0.1) is 0 Å². The fourth-order valence-electron chi connectivity index (χ4n) is 2.20. The largest absolute Gasteiger partial charge is 0.462 e. The first-order chi connectivity index (χ1) is 9.21. The minimum atomic E-state index is -5.15. The number of halogens is 3. The van der Waals surface area contributed by atoms with Crippen LogP contribution in [0.2, 0.25) is 0 Å². The Morgan fingerprint density at radius 1 is 1.15 bits per heavy atom. The summed E-state index contributed by atoms with van der Waals surface area (Å²) in [5, 5.41) is 0. The van der Waals surface area contributed by atoms with Crippen LogP contribution in [-0.2, 0) is 19.1 Å². The third-order valence-corrected chi connectivity index (χ3v) is 3.21. The average Bonchev–Trinajstić information content (AvgIpc) is 2.35. The molecule has 0 N–H and O–H groups in total. The van der Waals surface area contributed by atoms with Gasteiger partial charge in [0.25, 0.3) is 5.78 Å². The molecule has 1 fully saturated rings. The highest BCUT2D eigenvalue weighted by molar-refractivity contribution is 6.04. The minimum Gasteiger partial charge on any atom is -0.462 e. The standard InChI is InChI=1S/C13H17F3O4/c1-8(17)7-10(11(18)13(14,15)16)12(19)20-9-5-3-2-4-6-9/h9-10H,2-7H2,1H3. The van der Waals surface area contributed by atoms with E-state index < -0.39 is 42.2 Å². The predicted octanol–water partition coefficient (Wildman–Crippen LogP) is 2.59. The first kappa shape index (κ1) is 16.7. The molecular weight excluding hydrogens is 277 g/mol. The summed E-state index contributed by atoms with van der Waals surface area (Å²) >= 11 is 0. The molecular formula is C13H17F3O4. The molecule has 0 radical (unpaired) electrons. The summed E-state index contributed by atoms with van der Waals surface area (Å²) in [4.78, 5) is 33.9. The number of ether oxygens (including phenoxy) is 1. The summed E-state index contributed by atoms with van der Waals surface area (Å²) < 4.78 is 42.2. The Bertz CT molecular complexity index is 384. The molecule has 0 saturated heterocycles. The molecule has 20 heavy (non-hydrogen) atoms. The molecule has 0 aromatic carbocycles. The molecule has 7 heteroatoms. The molecule has 1 unspecified atom stereocenters. The number of Topliss-reactive ketones (excluding diaryl/α,β-unsaturated/α-hetero) is 2. The Labute approximate surface area is 114 Å². The zero-order valence-corrected chi connectivity index (χ0v) is 11.2. The van der Waals surface area contributed by atoms with Crippen LogP contribution < -0.4 is 0 Å². The van der Waals surface area contributed by atoms with E-state index in [0.717, 1.165) is 26.2 Å². The molecule has 1 atom stereocenters. The highest BCUT2D eigenvalue weighted by Crippen LogP contribution is 2.26. The molecule has 1 aliphatic carbocycles. The number of ketones is 2. The van der Waals surface area contributed by atoms with Crippen molar-refractivity contribution in [1.29, 1.82) is 0 Å². The van der Waals surface area contributed by atoms with Crippen LogP contribution in [0.4, 0.5) is 13.2 Å². The number of hydrogen-bond donors (Lipinski definition) is 0. The van der Waals surface area contributed by atoms with Gasteiger partial charge in [-0.25, -0.2) is 0 Å². The van der Waals surface area contributed by atoms with Gasteiger partial charge in [0.05, 0.1) is 0 Å². The molecule has 0 amide bonds. The topological polar surface area (TPSA) is 60.4 Å². The van der Waals surface area contributed by atoms with Gasteiger partial charge in [-0.2, -0.15) is 13.2 Å². The van der Waals surface area contributed by atoms with E-state index in [0.29, 0.717) is 12.8 Å². The molecule has 114 valence electrons. The quantitative estimate of drug-likeness (QED) is 0.577. The van der Waals surface area contributed by atoms with Gasteiger partial charge in [-0.05, 0) is 32.6 Å². The lowest BCUT2D eigenvalue weighted by Gasteiger charge is -2.24. The third-order valence-electron chi connectivity index (χ3n) is 3.21. The summed E-state index contributed by atoms with van der Waals surface area (Å²) in [6.07, 6.45) is -2.54. The second-order valence-corrected chi connectivity index (χ2v) is 5.02. The van der Waals surface area contributed by atoms with Crippen LogP contribution in [0.5, 0.6) is 0 Å². The van der Waals surface area contributed by atoms with Gasteiger partial charge in [-0.3, -0.25) is 14.4 Å². The van der Waals surface area contributed by atoms with Gasteiger partial charge in [-0.1, -0.05) is 6.42 Å². The molecule has 4 nitrogen and oxygen atoms in total. The van der Waals surface area contributed by atoms with E-state index in [2.05, 4.69) is 0 Å². The monoisotopic (exact) mass is 294 g/mol. The zero-order chi connectivity index (χ0) is 15.3. The zero-order valence-electron chi connectivity index (χ0n) is 11.2. The summed E-state index contributed by atoms with van der Waals surface area (Å²) in [7, 11) is 0. The van der Waals surface area contributed by atoms with Gasteiger partial charge in [0.15, 0.2) is 0 Å². The normalized spacial score (nSPS) is 18.4. The van der Waals surface area contributed by atoms with Crippen LogP contribution in [0, 0.1) is 5.92 Å². The van der Waals surface area contributed by atoms with Crippen molar-refractivity contribution in [2.75, 3.05) is 0 Å². The van der Waals surface area contributed by atoms with Crippen LogP contribution in [0.3, 0.4) is 0 Å². The highest BCUT2D eigenvalue weighted by Gasteiger charge is 2.47. The van der Waals surface area contributed by atoms with Crippen molar-refractivity contribution in [3.63, 3.8) is 0 Å². The van der Waals surface area contributed by atoms with Crippen molar-refractivity contribution in [3.05, 3.63) is 0 Å². The van der Waals surface area contributed by atoms with Crippen LogP contribution >= 0.6 is 0 Å². The fourth-order valence-corrected chi connectivity index (χ4v) is 2.20. The van der Waals surface area contributed by atoms with Crippen molar-refractivity contribution >= 4 is 17.5 Å². The van der Waals surface area contributed by atoms with E-state index >= 15 is 0 Å². The Kier molecular flexibility index (Phi) is 5.71. The van der Waals surface area contributed by atoms with Gasteiger partial charge in [0.1, 0.15) is 17.8 Å². The molecule has 1 aliphatic rings. The van der Waals surface area contributed by atoms with Gasteiger partial charge < -0.3 is 4.74 Å². The van der Waals surface area contributed by atoms with Crippen LogP contribution in [0.25, 0.3) is 0 Å². The first-order valence-corrected chi connectivity index (χ1v) is 6.52. The van der Waals surface area contributed by atoms with E-state index in [4.69, 9.17) is 4.74 Å². The molecule has 0 aromatic rings. The van der Waals surface area contributed by atoms with Crippen molar-refractivity contribution < 1.29 is 32.3 Å². The smallest absolute Gasteiger partial charge is 0.450 e. The van der Waals surface area contributed by atoms with E-state index in [-0.39, 0.29) is 0 Å². The first-order valence-electron chi connectivity index (χ1n) is 6.52. The Morgan fingerprint density at radius 3 is 2.15 bits per heavy atom. The number of esters is 1. The number of carbonyl (C=O) groups is 3. The molecule has 0 bridgehead atoms. The number of rotatable bonds is 5. The summed E-state index contributed by atoms with van der Waals surface area (Å²) in [5.74, 6) is -6.19. The number of carbonyl (C=O) groups excluding carboxylic acids is 3. The van der Waals surface area contributed by atoms with Crippen LogP contribution in [0.1, 0.15) is 45.4 Å². The third kappa shape index (κ3) is 4.94. The SMILES string of the molecule is CC(=O)CC(C(=O)OC1CCCCC1)C(=O)C(F)(F)F. The lowest BCUT2D eigenvalue weighted by molar-refractivity contribution is -0.183. The lowest BCUT2D eigenvalue weighted by Crippen LogP contribution is -2.39. The predicted molar refractivity (Wildman–Crippen MR) is 62.8 cm³/mol. The van der Waals surface area contributed by atoms with Gasteiger partial charge in [0, 0.05) is 6.42 Å². The van der Waals surface area contributed by atoms with Gasteiger partial charge >= 0.3 is 12.1 Å². The molecule has 0 aliphatic heterocycles. The van der Waals surface area contributed by atoms with Gasteiger partial charge in [0.2, 0.25) is 0 Å². The van der Waals surface area contributed by atoms with E-state index in [1.54, 1.807) is 0 Å². The Hall–Kier alpha value is -1.40. The maximum absolute atomic E-state index is 12.4. The van der Waals surface area contributed by atoms with E-state index in [1.165, 1.54) is 0 Å². The molecule has 0 aromatic heterocycles. The second-order valence-electron chi connectivity index (χ2n) is 5.02. The van der Waals surface area contributed by atoms with Crippen LogP contribution in [0.15, 0.2) is 0 Å². The van der Waals surface area contributed by atoms with Crippen molar-refractivity contribution in [3.8, 4) is 0 Å². The maximum Gasteiger partial charge on any atom is 0.450 e. The lowest BCUT2D eigenvalue weighted by atomic mass is 9.95. The average molecular weight is 294 g/mol. The second kappa shape index (κ2) is 6.85. The van der Waals surface area contributed by atoms with Crippen molar-refractivity contribution in [2.45, 2.75) is 57.7 Å².